The zero-order valence-electron chi connectivity index (χ0n) is 11.6. The summed E-state index contributed by atoms with van der Waals surface area (Å²) in [6, 6.07) is 10.6. The van der Waals surface area contributed by atoms with Gasteiger partial charge in [-0.3, -0.25) is 0 Å². The highest BCUT2D eigenvalue weighted by Gasteiger charge is 2.20. The van der Waals surface area contributed by atoms with E-state index in [1.54, 1.807) is 0 Å². The van der Waals surface area contributed by atoms with Crippen molar-refractivity contribution in [1.82, 2.24) is 15.3 Å². The van der Waals surface area contributed by atoms with Crippen molar-refractivity contribution in [3.05, 3.63) is 58.1 Å². The maximum Gasteiger partial charge on any atom is 0.133 e. The van der Waals surface area contributed by atoms with Crippen LogP contribution in [-0.4, -0.2) is 16.0 Å². The van der Waals surface area contributed by atoms with Crippen LogP contribution in [0.2, 0.25) is 5.02 Å². The van der Waals surface area contributed by atoms with Gasteiger partial charge in [0.1, 0.15) is 5.82 Å². The molecule has 1 saturated carbocycles. The van der Waals surface area contributed by atoms with Crippen LogP contribution in [0.15, 0.2) is 30.3 Å². The van der Waals surface area contributed by atoms with Crippen LogP contribution in [0.4, 0.5) is 0 Å². The zero-order chi connectivity index (χ0) is 13.9. The van der Waals surface area contributed by atoms with Crippen LogP contribution in [0.1, 0.15) is 35.6 Å². The molecular weight excluding hydrogens is 270 g/mol. The Kier molecular flexibility index (Phi) is 3.99. The second-order valence-corrected chi connectivity index (χ2v) is 5.82. The van der Waals surface area contributed by atoms with Gasteiger partial charge in [-0.15, -0.1) is 0 Å². The number of aryl methyl sites for hydroxylation is 1. The minimum atomic E-state index is 0.696. The number of hydrogen-bond acceptors (Lipinski definition) is 3. The highest BCUT2D eigenvalue weighted by Crippen LogP contribution is 2.19. The molecule has 3 rings (SSSR count). The molecule has 4 heteroatoms. The molecule has 2 aromatic rings. The summed E-state index contributed by atoms with van der Waals surface area (Å²) < 4.78 is 0. The van der Waals surface area contributed by atoms with Gasteiger partial charge in [-0.05, 0) is 43.5 Å². The van der Waals surface area contributed by atoms with Gasteiger partial charge in [-0.25, -0.2) is 9.97 Å². The Morgan fingerprint density at radius 3 is 2.85 bits per heavy atom. The third-order valence-electron chi connectivity index (χ3n) is 3.35. The Labute approximate surface area is 124 Å². The first-order chi connectivity index (χ1) is 9.69. The minimum Gasteiger partial charge on any atom is -0.308 e. The summed E-state index contributed by atoms with van der Waals surface area (Å²) in [6.07, 6.45) is 3.30. The molecule has 0 spiro atoms. The normalized spacial score (nSPS) is 14.5. The number of benzene rings is 1. The molecule has 0 radical (unpaired) electrons. The van der Waals surface area contributed by atoms with Gasteiger partial charge in [0.25, 0.3) is 0 Å². The van der Waals surface area contributed by atoms with Gasteiger partial charge in [0.2, 0.25) is 0 Å². The third kappa shape index (κ3) is 3.78. The van der Waals surface area contributed by atoms with Crippen molar-refractivity contribution in [3.63, 3.8) is 0 Å². The fraction of sp³-hybridized carbons (Fsp3) is 0.375. The molecule has 0 saturated heterocycles. The van der Waals surface area contributed by atoms with Crippen LogP contribution >= 0.6 is 11.6 Å². The Bertz CT molecular complexity index is 608. The van der Waals surface area contributed by atoms with Gasteiger partial charge in [-0.1, -0.05) is 23.7 Å². The summed E-state index contributed by atoms with van der Waals surface area (Å²) in [5.41, 5.74) is 3.23. The first kappa shape index (κ1) is 13.5. The van der Waals surface area contributed by atoms with Gasteiger partial charge in [0.05, 0.1) is 5.69 Å². The SMILES string of the molecule is Cc1cc(CNC2CC2)nc(Cc2cccc(Cl)c2)n1. The highest BCUT2D eigenvalue weighted by molar-refractivity contribution is 6.30. The molecule has 0 aliphatic heterocycles. The maximum atomic E-state index is 6.01. The molecule has 1 aromatic heterocycles. The van der Waals surface area contributed by atoms with Crippen molar-refractivity contribution in [2.24, 2.45) is 0 Å². The summed E-state index contributed by atoms with van der Waals surface area (Å²) in [5.74, 6) is 0.861. The molecule has 1 heterocycles. The number of nitrogens with one attached hydrogen (secondary N) is 1. The monoisotopic (exact) mass is 287 g/mol. The van der Waals surface area contributed by atoms with Crippen LogP contribution in [-0.2, 0) is 13.0 Å². The lowest BCUT2D eigenvalue weighted by molar-refractivity contribution is 0.667. The minimum absolute atomic E-state index is 0.696. The molecule has 0 atom stereocenters. The molecule has 1 fully saturated rings. The Morgan fingerprint density at radius 1 is 1.25 bits per heavy atom. The summed E-state index contributed by atoms with van der Waals surface area (Å²) in [6.45, 7) is 2.85. The number of rotatable bonds is 5. The van der Waals surface area contributed by atoms with Crippen molar-refractivity contribution in [3.8, 4) is 0 Å². The average Bonchev–Trinajstić information content (AvgIpc) is 3.20. The van der Waals surface area contributed by atoms with Crippen LogP contribution in [0.25, 0.3) is 0 Å². The van der Waals surface area contributed by atoms with Gasteiger partial charge in [0.15, 0.2) is 0 Å². The molecule has 1 aliphatic rings. The quantitative estimate of drug-likeness (QED) is 0.917. The number of hydrogen-bond donors (Lipinski definition) is 1. The first-order valence-electron chi connectivity index (χ1n) is 7.00. The fourth-order valence-electron chi connectivity index (χ4n) is 2.24. The van der Waals surface area contributed by atoms with E-state index in [4.69, 9.17) is 11.6 Å². The first-order valence-corrected chi connectivity index (χ1v) is 7.38. The summed E-state index contributed by atoms with van der Waals surface area (Å²) in [7, 11) is 0. The Hall–Kier alpha value is -1.45. The predicted octanol–water partition coefficient (Wildman–Crippen LogP) is 3.28. The Morgan fingerprint density at radius 2 is 2.10 bits per heavy atom. The maximum absolute atomic E-state index is 6.01. The Balaban J connectivity index is 1.74. The predicted molar refractivity (Wildman–Crippen MR) is 80.9 cm³/mol. The smallest absolute Gasteiger partial charge is 0.133 e. The van der Waals surface area contributed by atoms with Crippen molar-refractivity contribution < 1.29 is 0 Å². The standard InChI is InChI=1S/C16H18ClN3/c1-11-7-15(10-18-14-5-6-14)20-16(19-11)9-12-3-2-4-13(17)8-12/h2-4,7-8,14,18H,5-6,9-10H2,1H3. The van der Waals surface area contributed by atoms with Crippen LogP contribution < -0.4 is 5.32 Å². The van der Waals surface area contributed by atoms with E-state index in [1.807, 2.05) is 25.1 Å². The van der Waals surface area contributed by atoms with Crippen LogP contribution in [0.5, 0.6) is 0 Å². The fourth-order valence-corrected chi connectivity index (χ4v) is 2.45. The van der Waals surface area contributed by atoms with Gasteiger partial charge < -0.3 is 5.32 Å². The number of aromatic nitrogens is 2. The number of nitrogens with zero attached hydrogens (tertiary/aromatic N) is 2. The van der Waals surface area contributed by atoms with E-state index >= 15 is 0 Å². The second kappa shape index (κ2) is 5.90. The second-order valence-electron chi connectivity index (χ2n) is 5.38. The van der Waals surface area contributed by atoms with Crippen molar-refractivity contribution in [1.29, 1.82) is 0 Å². The molecule has 0 bridgehead atoms. The van der Waals surface area contributed by atoms with E-state index in [-0.39, 0.29) is 0 Å². The highest BCUT2D eigenvalue weighted by atomic mass is 35.5. The molecule has 20 heavy (non-hydrogen) atoms. The molecule has 1 N–H and O–H groups in total. The average molecular weight is 288 g/mol. The van der Waals surface area contributed by atoms with Gasteiger partial charge in [0, 0.05) is 29.7 Å². The van der Waals surface area contributed by atoms with E-state index in [9.17, 15) is 0 Å². The zero-order valence-corrected chi connectivity index (χ0v) is 12.3. The lowest BCUT2D eigenvalue weighted by Crippen LogP contribution is -2.17. The van der Waals surface area contributed by atoms with Crippen LogP contribution in [0.3, 0.4) is 0 Å². The van der Waals surface area contributed by atoms with Gasteiger partial charge in [-0.2, -0.15) is 0 Å². The molecule has 104 valence electrons. The molecular formula is C16H18ClN3. The molecule has 1 aromatic carbocycles. The summed E-state index contributed by atoms with van der Waals surface area (Å²) in [4.78, 5) is 9.16. The largest absolute Gasteiger partial charge is 0.308 e. The van der Waals surface area contributed by atoms with E-state index < -0.39 is 0 Å². The lowest BCUT2D eigenvalue weighted by atomic mass is 10.1. The molecule has 1 aliphatic carbocycles. The van der Waals surface area contributed by atoms with Crippen molar-refractivity contribution in [2.75, 3.05) is 0 Å². The van der Waals surface area contributed by atoms with Crippen molar-refractivity contribution >= 4 is 11.6 Å². The van der Waals surface area contributed by atoms with Gasteiger partial charge >= 0.3 is 0 Å². The van der Waals surface area contributed by atoms with Crippen molar-refractivity contribution in [2.45, 2.75) is 38.8 Å². The van der Waals surface area contributed by atoms with E-state index in [1.165, 1.54) is 12.8 Å². The molecule has 3 nitrogen and oxygen atoms in total. The number of halogens is 1. The van der Waals surface area contributed by atoms with E-state index in [0.717, 1.165) is 40.8 Å². The molecule has 0 unspecified atom stereocenters. The lowest BCUT2D eigenvalue weighted by Gasteiger charge is -2.07. The van der Waals surface area contributed by atoms with E-state index in [0.29, 0.717) is 6.04 Å². The third-order valence-corrected chi connectivity index (χ3v) is 3.59. The van der Waals surface area contributed by atoms with E-state index in [2.05, 4.69) is 27.4 Å². The summed E-state index contributed by atoms with van der Waals surface area (Å²) >= 11 is 6.01. The topological polar surface area (TPSA) is 37.8 Å². The summed E-state index contributed by atoms with van der Waals surface area (Å²) in [5, 5.41) is 4.24. The molecule has 0 amide bonds. The van der Waals surface area contributed by atoms with Crippen LogP contribution in [0, 0.1) is 6.92 Å².